The van der Waals surface area contributed by atoms with E-state index in [1.165, 1.54) is 38.2 Å². The topological polar surface area (TPSA) is 42.5 Å². The largest absolute Gasteiger partial charge is 0.456 e. The quantitative estimate of drug-likeness (QED) is 0.281. The number of aromatic nitrogens is 1. The van der Waals surface area contributed by atoms with E-state index in [9.17, 15) is 0 Å². The molecule has 1 aliphatic heterocycles. The van der Waals surface area contributed by atoms with Crippen LogP contribution in [0, 0.1) is 5.92 Å². The second-order valence-corrected chi connectivity index (χ2v) is 10.8. The summed E-state index contributed by atoms with van der Waals surface area (Å²) >= 11 is 0. The monoisotopic (exact) mass is 515 g/mol. The predicted molar refractivity (Wildman–Crippen MR) is 165 cm³/mol. The van der Waals surface area contributed by atoms with Crippen molar-refractivity contribution in [3.8, 4) is 0 Å². The molecule has 1 unspecified atom stereocenters. The Hall–Kier alpha value is -5.09. The van der Waals surface area contributed by atoms with Gasteiger partial charge in [0.05, 0.1) is 17.1 Å². The molecule has 3 aliphatic rings. The molecule has 0 radical (unpaired) electrons. The van der Waals surface area contributed by atoms with Crippen LogP contribution in [0.2, 0.25) is 0 Å². The highest BCUT2D eigenvalue weighted by Gasteiger charge is 2.29. The number of amidine groups is 1. The molecule has 2 atom stereocenters. The number of hydrogen-bond acceptors (Lipinski definition) is 3. The molecule has 0 fully saturated rings. The molecule has 40 heavy (non-hydrogen) atoms. The number of benzene rings is 4. The van der Waals surface area contributed by atoms with Gasteiger partial charge in [0.25, 0.3) is 0 Å². The zero-order chi connectivity index (χ0) is 26.2. The van der Waals surface area contributed by atoms with Gasteiger partial charge in [0, 0.05) is 32.9 Å². The summed E-state index contributed by atoms with van der Waals surface area (Å²) in [5.41, 5.74) is 5.45. The molecule has 4 heteroatoms. The normalized spacial score (nSPS) is 19.9. The minimum Gasteiger partial charge on any atom is -0.456 e. The van der Waals surface area contributed by atoms with Crippen molar-refractivity contribution in [2.45, 2.75) is 12.5 Å². The van der Waals surface area contributed by atoms with Crippen LogP contribution in [0.25, 0.3) is 61.5 Å². The Morgan fingerprint density at radius 1 is 0.800 bits per heavy atom. The Morgan fingerprint density at radius 3 is 2.52 bits per heavy atom. The number of nitrogens with one attached hydrogen (secondary N) is 1. The number of hydrogen-bond donors (Lipinski definition) is 1. The first-order valence-electron chi connectivity index (χ1n) is 13.9. The molecule has 2 aromatic heterocycles. The van der Waals surface area contributed by atoms with Crippen LogP contribution in [-0.4, -0.2) is 16.4 Å². The van der Waals surface area contributed by atoms with Crippen molar-refractivity contribution in [1.82, 2.24) is 9.88 Å². The number of fused-ring (bicyclic) bond motifs is 8. The number of para-hydroxylation sites is 2. The van der Waals surface area contributed by atoms with E-state index in [-0.39, 0.29) is 12.0 Å². The van der Waals surface area contributed by atoms with Gasteiger partial charge in [-0.05, 0) is 47.5 Å². The zero-order valence-corrected chi connectivity index (χ0v) is 21.7. The Kier molecular flexibility index (Phi) is 4.47. The van der Waals surface area contributed by atoms with Gasteiger partial charge in [0.1, 0.15) is 22.7 Å². The number of allylic oxidation sites excluding steroid dienone is 2. The van der Waals surface area contributed by atoms with E-state index in [0.29, 0.717) is 0 Å². The minimum absolute atomic E-state index is 0.0381. The summed E-state index contributed by atoms with van der Waals surface area (Å²) in [6, 6.07) is 30.2. The highest BCUT2D eigenvalue weighted by molar-refractivity contribution is 6.15. The number of aliphatic imine (C=N–C) groups is 1. The first-order chi connectivity index (χ1) is 19.8. The van der Waals surface area contributed by atoms with Crippen LogP contribution in [0.15, 0.2) is 124 Å². The molecular weight excluding hydrogens is 490 g/mol. The maximum absolute atomic E-state index is 6.14. The van der Waals surface area contributed by atoms with Gasteiger partial charge in [0.15, 0.2) is 0 Å². The molecule has 0 saturated carbocycles. The van der Waals surface area contributed by atoms with Crippen LogP contribution in [0.3, 0.4) is 0 Å². The van der Waals surface area contributed by atoms with Crippen LogP contribution in [0.4, 0.5) is 0 Å². The third kappa shape index (κ3) is 3.10. The van der Waals surface area contributed by atoms with Crippen molar-refractivity contribution in [1.29, 1.82) is 0 Å². The lowest BCUT2D eigenvalue weighted by atomic mass is 9.94. The Morgan fingerprint density at radius 2 is 1.60 bits per heavy atom. The van der Waals surface area contributed by atoms with Gasteiger partial charge in [-0.1, -0.05) is 91.0 Å². The maximum atomic E-state index is 6.14. The van der Waals surface area contributed by atoms with Crippen molar-refractivity contribution in [3.05, 3.63) is 125 Å². The van der Waals surface area contributed by atoms with Gasteiger partial charge in [-0.2, -0.15) is 0 Å². The van der Waals surface area contributed by atoms with Gasteiger partial charge >= 0.3 is 0 Å². The van der Waals surface area contributed by atoms with E-state index in [4.69, 9.17) is 9.41 Å². The second-order valence-electron chi connectivity index (χ2n) is 10.8. The summed E-state index contributed by atoms with van der Waals surface area (Å²) in [6.45, 7) is 0. The van der Waals surface area contributed by atoms with Gasteiger partial charge in [-0.25, -0.2) is 0 Å². The molecule has 4 aromatic carbocycles. The van der Waals surface area contributed by atoms with Crippen molar-refractivity contribution < 1.29 is 4.42 Å². The van der Waals surface area contributed by atoms with Gasteiger partial charge in [-0.15, -0.1) is 0 Å². The lowest BCUT2D eigenvalue weighted by Crippen LogP contribution is -2.40. The van der Waals surface area contributed by atoms with Crippen molar-refractivity contribution in [3.63, 3.8) is 0 Å². The third-order valence-corrected chi connectivity index (χ3v) is 8.50. The smallest absolute Gasteiger partial charge is 0.135 e. The molecular formula is C36H25N3O. The van der Waals surface area contributed by atoms with E-state index in [1.54, 1.807) is 0 Å². The molecule has 0 bridgehead atoms. The highest BCUT2D eigenvalue weighted by Crippen LogP contribution is 2.37. The van der Waals surface area contributed by atoms with Crippen molar-refractivity contribution in [2.75, 3.05) is 0 Å². The third-order valence-electron chi connectivity index (χ3n) is 8.50. The number of rotatable bonds is 2. The van der Waals surface area contributed by atoms with E-state index < -0.39 is 0 Å². The minimum atomic E-state index is -0.0381. The van der Waals surface area contributed by atoms with Gasteiger partial charge in [-0.3, -0.25) is 9.56 Å². The van der Waals surface area contributed by atoms with Crippen LogP contribution < -0.4 is 16.0 Å². The molecule has 0 saturated heterocycles. The van der Waals surface area contributed by atoms with Crippen LogP contribution in [-0.2, 0) is 0 Å². The van der Waals surface area contributed by atoms with Crippen LogP contribution >= 0.6 is 0 Å². The molecule has 1 N–H and O–H groups in total. The molecule has 0 spiro atoms. The van der Waals surface area contributed by atoms with E-state index in [0.717, 1.165) is 39.7 Å². The van der Waals surface area contributed by atoms with E-state index >= 15 is 0 Å². The highest BCUT2D eigenvalue weighted by atomic mass is 16.3. The molecule has 2 aliphatic carbocycles. The molecule has 9 rings (SSSR count). The number of nitrogens with zero attached hydrogens (tertiary/aromatic N) is 2. The van der Waals surface area contributed by atoms with Crippen LogP contribution in [0.5, 0.6) is 0 Å². The second kappa shape index (κ2) is 8.20. The summed E-state index contributed by atoms with van der Waals surface area (Å²) in [7, 11) is 0. The molecule has 0 amide bonds. The van der Waals surface area contributed by atoms with Crippen LogP contribution in [0.1, 0.15) is 6.42 Å². The zero-order valence-electron chi connectivity index (χ0n) is 21.7. The Balaban J connectivity index is 1.26. The fourth-order valence-corrected chi connectivity index (χ4v) is 6.61. The average Bonchev–Trinajstić information content (AvgIpc) is 3.54. The Labute approximate surface area is 230 Å². The van der Waals surface area contributed by atoms with Gasteiger partial charge in [0.2, 0.25) is 0 Å². The fraction of sp³-hybridized carbons (Fsp3) is 0.0833. The molecule has 190 valence electrons. The predicted octanol–water partition coefficient (Wildman–Crippen LogP) is 6.64. The first kappa shape index (κ1) is 21.8. The lowest BCUT2D eigenvalue weighted by molar-refractivity contribution is 0.570. The van der Waals surface area contributed by atoms with Crippen molar-refractivity contribution >= 4 is 67.4 Å². The number of furan rings is 1. The van der Waals surface area contributed by atoms with Gasteiger partial charge < -0.3 is 9.73 Å². The maximum Gasteiger partial charge on any atom is 0.135 e. The summed E-state index contributed by atoms with van der Waals surface area (Å²) in [4.78, 5) is 5.25. The SMILES string of the molecule is C1=CC2=C(n3c4ccccc4c4cc5ccccc5cc43)NC(C3C=c4c(oc5ccccc45)=CC3)=N[C@H]2C=C1. The lowest BCUT2D eigenvalue weighted by Gasteiger charge is -2.30. The van der Waals surface area contributed by atoms with Crippen molar-refractivity contribution in [2.24, 2.45) is 10.9 Å². The van der Waals surface area contributed by atoms with E-state index in [2.05, 4.69) is 119 Å². The summed E-state index contributed by atoms with van der Waals surface area (Å²) < 4.78 is 8.55. The average molecular weight is 516 g/mol. The Bertz CT molecular complexity index is 2290. The summed E-state index contributed by atoms with van der Waals surface area (Å²) in [5.74, 6) is 2.19. The molecule has 6 aromatic rings. The standard InChI is InChI=1S/C36H25N3O/c1-2-10-23-21-32-28(19-22(23)9-1)25-11-4-7-15-31(25)39(32)36-27-13-3-6-14-30(27)37-35(38-36)24-17-18-34-29(20-24)26-12-5-8-16-33(26)40-34/h1-16,18-21,24,30H,17H2,(H,37,38)/t24?,30-/m0/s1. The summed E-state index contributed by atoms with van der Waals surface area (Å²) in [5, 5.41) is 11.2. The molecule has 3 heterocycles. The molecule has 4 nitrogen and oxygen atoms in total. The van der Waals surface area contributed by atoms with E-state index in [1.807, 2.05) is 12.1 Å². The summed E-state index contributed by atoms with van der Waals surface area (Å²) in [6.07, 6.45) is 14.0. The fourth-order valence-electron chi connectivity index (χ4n) is 6.61. The first-order valence-corrected chi connectivity index (χ1v) is 13.9.